The Kier molecular flexibility index (Phi) is 4.22. The van der Waals surface area contributed by atoms with Crippen molar-refractivity contribution in [2.24, 2.45) is 11.3 Å². The van der Waals surface area contributed by atoms with Gasteiger partial charge >= 0.3 is 0 Å². The van der Waals surface area contributed by atoms with Crippen molar-refractivity contribution >= 4 is 11.3 Å². The molecule has 1 atom stereocenters. The SMILES string of the molecule is OC(CNCC1(C2CC2)CC1)COCc1cccs1. The fourth-order valence-electron chi connectivity index (χ4n) is 2.82. The van der Waals surface area contributed by atoms with Gasteiger partial charge in [-0.15, -0.1) is 11.3 Å². The van der Waals surface area contributed by atoms with Crippen molar-refractivity contribution < 1.29 is 9.84 Å². The molecule has 1 aromatic heterocycles. The molecule has 0 amide bonds. The van der Waals surface area contributed by atoms with Gasteiger partial charge in [-0.2, -0.15) is 0 Å². The number of thiophene rings is 1. The first kappa shape index (κ1) is 13.6. The molecule has 0 saturated heterocycles. The van der Waals surface area contributed by atoms with Crippen molar-refractivity contribution in [1.29, 1.82) is 0 Å². The van der Waals surface area contributed by atoms with E-state index in [1.54, 1.807) is 11.3 Å². The van der Waals surface area contributed by atoms with E-state index < -0.39 is 6.10 Å². The molecule has 0 aliphatic heterocycles. The summed E-state index contributed by atoms with van der Waals surface area (Å²) in [6.45, 7) is 2.76. The molecule has 2 aliphatic rings. The van der Waals surface area contributed by atoms with Crippen molar-refractivity contribution in [2.75, 3.05) is 19.7 Å². The molecule has 2 aliphatic carbocycles. The predicted octanol–water partition coefficient (Wildman–Crippen LogP) is 2.41. The maximum absolute atomic E-state index is 9.87. The molecule has 2 N–H and O–H groups in total. The third kappa shape index (κ3) is 3.78. The van der Waals surface area contributed by atoms with Gasteiger partial charge in [0.1, 0.15) is 0 Å². The lowest BCUT2D eigenvalue weighted by atomic mass is 10.0. The summed E-state index contributed by atoms with van der Waals surface area (Å²) in [6.07, 6.45) is 5.23. The van der Waals surface area contributed by atoms with E-state index >= 15 is 0 Å². The number of aliphatic hydroxyl groups excluding tert-OH is 1. The zero-order valence-electron chi connectivity index (χ0n) is 11.3. The first-order chi connectivity index (χ1) is 9.28. The molecule has 106 valence electrons. The second kappa shape index (κ2) is 5.92. The Morgan fingerprint density at radius 2 is 2.32 bits per heavy atom. The monoisotopic (exact) mass is 281 g/mol. The Morgan fingerprint density at radius 3 is 2.95 bits per heavy atom. The molecule has 3 rings (SSSR count). The summed E-state index contributed by atoms with van der Waals surface area (Å²) in [6, 6.07) is 4.08. The Labute approximate surface area is 119 Å². The molecule has 0 spiro atoms. The minimum Gasteiger partial charge on any atom is -0.389 e. The Morgan fingerprint density at radius 1 is 1.47 bits per heavy atom. The van der Waals surface area contributed by atoms with E-state index in [1.165, 1.54) is 30.6 Å². The van der Waals surface area contributed by atoms with E-state index in [-0.39, 0.29) is 0 Å². The van der Waals surface area contributed by atoms with Gasteiger partial charge in [-0.1, -0.05) is 6.07 Å². The number of ether oxygens (including phenoxy) is 1. The van der Waals surface area contributed by atoms with Crippen LogP contribution in [0.2, 0.25) is 0 Å². The van der Waals surface area contributed by atoms with Gasteiger partial charge in [-0.25, -0.2) is 0 Å². The summed E-state index contributed by atoms with van der Waals surface area (Å²) in [5.74, 6) is 0.979. The number of rotatable bonds is 9. The third-order valence-electron chi connectivity index (χ3n) is 4.33. The number of aliphatic hydroxyl groups is 1. The zero-order chi connectivity index (χ0) is 13.1. The summed E-state index contributed by atoms with van der Waals surface area (Å²) in [5.41, 5.74) is 0.609. The van der Waals surface area contributed by atoms with Crippen molar-refractivity contribution in [3.8, 4) is 0 Å². The number of nitrogens with one attached hydrogen (secondary N) is 1. The summed E-state index contributed by atoms with van der Waals surface area (Å²) < 4.78 is 5.52. The van der Waals surface area contributed by atoms with E-state index in [0.29, 0.717) is 25.2 Å². The molecule has 19 heavy (non-hydrogen) atoms. The molecular weight excluding hydrogens is 258 g/mol. The van der Waals surface area contributed by atoms with Crippen LogP contribution < -0.4 is 5.32 Å². The van der Waals surface area contributed by atoms with Crippen LogP contribution in [0.15, 0.2) is 17.5 Å². The number of hydrogen-bond donors (Lipinski definition) is 2. The van der Waals surface area contributed by atoms with Gasteiger partial charge in [-0.3, -0.25) is 0 Å². The topological polar surface area (TPSA) is 41.5 Å². The minimum atomic E-state index is -0.394. The lowest BCUT2D eigenvalue weighted by Gasteiger charge is -2.17. The molecule has 0 radical (unpaired) electrons. The van der Waals surface area contributed by atoms with Crippen LogP contribution >= 0.6 is 11.3 Å². The van der Waals surface area contributed by atoms with E-state index in [4.69, 9.17) is 4.74 Å². The maximum Gasteiger partial charge on any atom is 0.0897 e. The zero-order valence-corrected chi connectivity index (χ0v) is 12.1. The summed E-state index contributed by atoms with van der Waals surface area (Å²) in [4.78, 5) is 1.21. The van der Waals surface area contributed by atoms with Gasteiger partial charge in [0.15, 0.2) is 0 Å². The maximum atomic E-state index is 9.87. The molecule has 4 heteroatoms. The summed E-state index contributed by atoms with van der Waals surface area (Å²) in [7, 11) is 0. The van der Waals surface area contributed by atoms with E-state index in [1.807, 2.05) is 11.4 Å². The molecule has 1 unspecified atom stereocenters. The van der Waals surface area contributed by atoms with Crippen LogP contribution in [0.5, 0.6) is 0 Å². The second-order valence-electron chi connectivity index (χ2n) is 6.02. The van der Waals surface area contributed by atoms with Crippen molar-refractivity contribution in [2.45, 2.75) is 38.4 Å². The molecule has 1 aromatic rings. The largest absolute Gasteiger partial charge is 0.389 e. The first-order valence-electron chi connectivity index (χ1n) is 7.27. The molecule has 3 nitrogen and oxygen atoms in total. The quantitative estimate of drug-likeness (QED) is 0.730. The fraction of sp³-hybridized carbons (Fsp3) is 0.733. The fourth-order valence-corrected chi connectivity index (χ4v) is 3.46. The smallest absolute Gasteiger partial charge is 0.0897 e. The van der Waals surface area contributed by atoms with Crippen molar-refractivity contribution in [3.63, 3.8) is 0 Å². The van der Waals surface area contributed by atoms with Crippen LogP contribution in [0.4, 0.5) is 0 Å². The Hall–Kier alpha value is -0.420. The van der Waals surface area contributed by atoms with Crippen LogP contribution in [-0.4, -0.2) is 30.9 Å². The van der Waals surface area contributed by atoms with Gasteiger partial charge in [0.05, 0.1) is 19.3 Å². The number of hydrogen-bond acceptors (Lipinski definition) is 4. The molecule has 0 bridgehead atoms. The summed E-state index contributed by atoms with van der Waals surface area (Å²) in [5, 5.41) is 15.3. The van der Waals surface area contributed by atoms with Crippen LogP contribution in [0.1, 0.15) is 30.6 Å². The average molecular weight is 281 g/mol. The standard InChI is InChI=1S/C15H23NO2S/c17-13(9-18-10-14-2-1-7-19-14)8-16-11-15(5-6-15)12-3-4-12/h1-2,7,12-13,16-17H,3-6,8-11H2. The predicted molar refractivity (Wildman–Crippen MR) is 77.2 cm³/mol. The molecule has 2 saturated carbocycles. The van der Waals surface area contributed by atoms with Crippen LogP contribution in [0.25, 0.3) is 0 Å². The highest BCUT2D eigenvalue weighted by Crippen LogP contribution is 2.60. The van der Waals surface area contributed by atoms with E-state index in [0.717, 1.165) is 12.5 Å². The first-order valence-corrected chi connectivity index (χ1v) is 8.15. The highest BCUT2D eigenvalue weighted by Gasteiger charge is 2.53. The van der Waals surface area contributed by atoms with Crippen molar-refractivity contribution in [1.82, 2.24) is 5.32 Å². The normalized spacial score (nSPS) is 22.4. The molecule has 0 aromatic carbocycles. The average Bonchev–Trinajstić information content (AvgIpc) is 3.30. The lowest BCUT2D eigenvalue weighted by molar-refractivity contribution is 0.0292. The Bertz CT molecular complexity index is 385. The van der Waals surface area contributed by atoms with E-state index in [9.17, 15) is 5.11 Å². The van der Waals surface area contributed by atoms with Crippen molar-refractivity contribution in [3.05, 3.63) is 22.4 Å². The summed E-state index contributed by atoms with van der Waals surface area (Å²) >= 11 is 1.69. The van der Waals surface area contributed by atoms with Gasteiger partial charge in [-0.05, 0) is 48.5 Å². The van der Waals surface area contributed by atoms with Gasteiger partial charge in [0, 0.05) is 18.0 Å². The van der Waals surface area contributed by atoms with Gasteiger partial charge in [0.25, 0.3) is 0 Å². The second-order valence-corrected chi connectivity index (χ2v) is 7.05. The van der Waals surface area contributed by atoms with Crippen LogP contribution in [-0.2, 0) is 11.3 Å². The highest BCUT2D eigenvalue weighted by molar-refractivity contribution is 7.09. The van der Waals surface area contributed by atoms with Gasteiger partial charge in [0.2, 0.25) is 0 Å². The third-order valence-corrected chi connectivity index (χ3v) is 5.18. The lowest BCUT2D eigenvalue weighted by Crippen LogP contribution is -2.34. The van der Waals surface area contributed by atoms with E-state index in [2.05, 4.69) is 11.4 Å². The van der Waals surface area contributed by atoms with Crippen LogP contribution in [0.3, 0.4) is 0 Å². The van der Waals surface area contributed by atoms with Crippen LogP contribution in [0, 0.1) is 11.3 Å². The minimum absolute atomic E-state index is 0.394. The molecule has 1 heterocycles. The Balaban J connectivity index is 1.26. The molecular formula is C15H23NO2S. The highest BCUT2D eigenvalue weighted by atomic mass is 32.1. The molecule has 2 fully saturated rings. The van der Waals surface area contributed by atoms with Gasteiger partial charge < -0.3 is 15.2 Å².